The molecule has 7 heteroatoms. The lowest BCUT2D eigenvalue weighted by atomic mass is 10.1. The number of nitrogens with zero attached hydrogens (tertiary/aromatic N) is 1. The maximum atomic E-state index is 12.0. The number of hydrogen-bond acceptors (Lipinski definition) is 2. The molecular formula is C17H29ClIN3OS. The zero-order chi connectivity index (χ0) is 17.3. The molecule has 1 unspecified atom stereocenters. The lowest BCUT2D eigenvalue weighted by molar-refractivity contribution is 0.648. The SMILES string of the molecule is CCNC(=NCCS(=O)C(C)(C)C)NCCc1cccc(Cl)c1.I. The quantitative estimate of drug-likeness (QED) is 0.352. The van der Waals surface area contributed by atoms with Crippen LogP contribution in [0, 0.1) is 0 Å². The summed E-state index contributed by atoms with van der Waals surface area (Å²) >= 11 is 5.99. The molecule has 1 aromatic carbocycles. The second-order valence-corrected chi connectivity index (χ2v) is 8.99. The number of rotatable bonds is 7. The number of benzene rings is 1. The van der Waals surface area contributed by atoms with E-state index in [9.17, 15) is 4.21 Å². The Kier molecular flexibility index (Phi) is 11.9. The third-order valence-corrected chi connectivity index (χ3v) is 5.32. The van der Waals surface area contributed by atoms with Crippen molar-refractivity contribution in [3.8, 4) is 0 Å². The average molecular weight is 486 g/mol. The highest BCUT2D eigenvalue weighted by Gasteiger charge is 2.18. The molecule has 2 N–H and O–H groups in total. The largest absolute Gasteiger partial charge is 0.357 e. The van der Waals surface area contributed by atoms with Gasteiger partial charge in [0.05, 0.1) is 6.54 Å². The molecule has 0 amide bonds. The lowest BCUT2D eigenvalue weighted by Gasteiger charge is -2.17. The summed E-state index contributed by atoms with van der Waals surface area (Å²) in [5, 5.41) is 7.26. The Bertz CT molecular complexity index is 547. The maximum absolute atomic E-state index is 12.0. The minimum atomic E-state index is -0.873. The van der Waals surface area contributed by atoms with Gasteiger partial charge in [-0.05, 0) is 51.8 Å². The minimum absolute atomic E-state index is 0. The summed E-state index contributed by atoms with van der Waals surface area (Å²) in [6.45, 7) is 10.1. The minimum Gasteiger partial charge on any atom is -0.357 e. The van der Waals surface area contributed by atoms with Crippen molar-refractivity contribution in [1.82, 2.24) is 10.6 Å². The topological polar surface area (TPSA) is 53.5 Å². The van der Waals surface area contributed by atoms with Crippen LogP contribution < -0.4 is 10.6 Å². The van der Waals surface area contributed by atoms with Crippen LogP contribution in [0.2, 0.25) is 5.02 Å². The van der Waals surface area contributed by atoms with E-state index < -0.39 is 10.8 Å². The van der Waals surface area contributed by atoms with Gasteiger partial charge < -0.3 is 10.6 Å². The fourth-order valence-electron chi connectivity index (χ4n) is 1.91. The summed E-state index contributed by atoms with van der Waals surface area (Å²) in [7, 11) is -0.873. The van der Waals surface area contributed by atoms with E-state index in [1.54, 1.807) is 0 Å². The zero-order valence-corrected chi connectivity index (χ0v) is 18.8. The maximum Gasteiger partial charge on any atom is 0.191 e. The highest BCUT2D eigenvalue weighted by molar-refractivity contribution is 14.0. The Labute approximate surface area is 170 Å². The van der Waals surface area contributed by atoms with Crippen molar-refractivity contribution in [1.29, 1.82) is 0 Å². The molecule has 0 saturated heterocycles. The molecule has 0 fully saturated rings. The molecule has 24 heavy (non-hydrogen) atoms. The van der Waals surface area contributed by atoms with Gasteiger partial charge in [-0.1, -0.05) is 23.7 Å². The first-order valence-corrected chi connectivity index (χ1v) is 9.67. The normalized spacial score (nSPS) is 13.1. The van der Waals surface area contributed by atoms with Gasteiger partial charge in [-0.3, -0.25) is 9.20 Å². The Morgan fingerprint density at radius 1 is 1.29 bits per heavy atom. The van der Waals surface area contributed by atoms with Crippen molar-refractivity contribution < 1.29 is 4.21 Å². The molecular weight excluding hydrogens is 457 g/mol. The van der Waals surface area contributed by atoms with Crippen molar-refractivity contribution in [3.05, 3.63) is 34.9 Å². The third kappa shape index (κ3) is 9.84. The standard InChI is InChI=1S/C17H28ClN3OS.HI/c1-5-19-16(21-11-12-23(22)17(2,3)4)20-10-9-14-7-6-8-15(18)13-14;/h6-8,13H,5,9-12H2,1-4H3,(H2,19,20,21);1H. The number of guanidine groups is 1. The van der Waals surface area contributed by atoms with Gasteiger partial charge in [0.25, 0.3) is 0 Å². The number of nitrogens with one attached hydrogen (secondary N) is 2. The predicted molar refractivity (Wildman–Crippen MR) is 117 cm³/mol. The second-order valence-electron chi connectivity index (χ2n) is 6.23. The number of aliphatic imine (C=N–C) groups is 1. The van der Waals surface area contributed by atoms with Crippen LogP contribution in [0.25, 0.3) is 0 Å². The van der Waals surface area contributed by atoms with E-state index in [1.807, 2.05) is 45.9 Å². The van der Waals surface area contributed by atoms with Gasteiger partial charge in [-0.15, -0.1) is 24.0 Å². The van der Waals surface area contributed by atoms with Gasteiger partial charge in [-0.25, -0.2) is 0 Å². The summed E-state index contributed by atoms with van der Waals surface area (Å²) < 4.78 is 11.8. The van der Waals surface area contributed by atoms with E-state index in [-0.39, 0.29) is 28.7 Å². The molecule has 1 aromatic rings. The van der Waals surface area contributed by atoms with E-state index in [0.717, 1.165) is 30.5 Å². The molecule has 4 nitrogen and oxygen atoms in total. The van der Waals surface area contributed by atoms with Crippen LogP contribution in [-0.4, -0.2) is 40.3 Å². The predicted octanol–water partition coefficient (Wildman–Crippen LogP) is 3.60. The summed E-state index contributed by atoms with van der Waals surface area (Å²) in [4.78, 5) is 4.49. The second kappa shape index (κ2) is 12.1. The van der Waals surface area contributed by atoms with Gasteiger partial charge in [0.15, 0.2) is 5.96 Å². The van der Waals surface area contributed by atoms with Crippen molar-refractivity contribution >= 4 is 52.3 Å². The lowest BCUT2D eigenvalue weighted by Crippen LogP contribution is -2.38. The van der Waals surface area contributed by atoms with Crippen molar-refractivity contribution in [2.75, 3.05) is 25.4 Å². The molecule has 0 radical (unpaired) electrons. The fraction of sp³-hybridized carbons (Fsp3) is 0.588. The molecule has 0 aliphatic heterocycles. The van der Waals surface area contributed by atoms with Crippen molar-refractivity contribution in [3.63, 3.8) is 0 Å². The van der Waals surface area contributed by atoms with Crippen molar-refractivity contribution in [2.24, 2.45) is 4.99 Å². The third-order valence-electron chi connectivity index (χ3n) is 3.17. The summed E-state index contributed by atoms with van der Waals surface area (Å²) in [5.74, 6) is 1.34. The summed E-state index contributed by atoms with van der Waals surface area (Å²) in [6.07, 6.45) is 0.874. The van der Waals surface area contributed by atoms with Gasteiger partial charge >= 0.3 is 0 Å². The Morgan fingerprint density at radius 2 is 2.00 bits per heavy atom. The van der Waals surface area contributed by atoms with E-state index in [2.05, 4.69) is 21.7 Å². The van der Waals surface area contributed by atoms with Gasteiger partial charge in [-0.2, -0.15) is 0 Å². The Balaban J connectivity index is 0.00000529. The van der Waals surface area contributed by atoms with Crippen LogP contribution in [0.5, 0.6) is 0 Å². The van der Waals surface area contributed by atoms with Gasteiger partial charge in [0, 0.05) is 39.4 Å². The van der Waals surface area contributed by atoms with E-state index in [4.69, 9.17) is 11.6 Å². The van der Waals surface area contributed by atoms with Gasteiger partial charge in [0.1, 0.15) is 0 Å². The molecule has 1 rings (SSSR count). The fourth-order valence-corrected chi connectivity index (χ4v) is 2.99. The molecule has 0 bridgehead atoms. The van der Waals surface area contributed by atoms with E-state index in [1.165, 1.54) is 5.56 Å². The van der Waals surface area contributed by atoms with E-state index in [0.29, 0.717) is 12.3 Å². The van der Waals surface area contributed by atoms with E-state index >= 15 is 0 Å². The number of halogens is 2. The molecule has 0 spiro atoms. The Hall–Kier alpha value is -0.340. The molecule has 0 aliphatic carbocycles. The number of hydrogen-bond donors (Lipinski definition) is 2. The smallest absolute Gasteiger partial charge is 0.191 e. The Morgan fingerprint density at radius 3 is 2.58 bits per heavy atom. The van der Waals surface area contributed by atoms with Crippen LogP contribution in [0.1, 0.15) is 33.3 Å². The first kappa shape index (κ1) is 23.7. The van der Waals surface area contributed by atoms with Crippen LogP contribution in [0.15, 0.2) is 29.3 Å². The van der Waals surface area contributed by atoms with Crippen LogP contribution in [-0.2, 0) is 17.2 Å². The average Bonchev–Trinajstić information content (AvgIpc) is 2.46. The highest BCUT2D eigenvalue weighted by atomic mass is 127. The van der Waals surface area contributed by atoms with Crippen LogP contribution >= 0.6 is 35.6 Å². The zero-order valence-electron chi connectivity index (χ0n) is 14.9. The highest BCUT2D eigenvalue weighted by Crippen LogP contribution is 2.11. The monoisotopic (exact) mass is 485 g/mol. The van der Waals surface area contributed by atoms with Crippen LogP contribution in [0.4, 0.5) is 0 Å². The first-order valence-electron chi connectivity index (χ1n) is 7.98. The van der Waals surface area contributed by atoms with Crippen LogP contribution in [0.3, 0.4) is 0 Å². The molecule has 138 valence electrons. The molecule has 1 atom stereocenters. The molecule has 0 aromatic heterocycles. The first-order chi connectivity index (χ1) is 10.8. The van der Waals surface area contributed by atoms with Gasteiger partial charge in [0.2, 0.25) is 0 Å². The van der Waals surface area contributed by atoms with Crippen molar-refractivity contribution in [2.45, 2.75) is 38.9 Å². The molecule has 0 aliphatic rings. The summed E-state index contributed by atoms with van der Waals surface area (Å²) in [5.41, 5.74) is 1.19. The molecule has 0 heterocycles. The summed E-state index contributed by atoms with van der Waals surface area (Å²) in [6, 6.07) is 7.86. The molecule has 0 saturated carbocycles.